The monoisotopic (exact) mass is 506 g/mol. The van der Waals surface area contributed by atoms with Gasteiger partial charge in [0.1, 0.15) is 11.3 Å². The van der Waals surface area contributed by atoms with Crippen molar-refractivity contribution in [2.45, 2.75) is 12.7 Å². The van der Waals surface area contributed by atoms with Gasteiger partial charge in [0, 0.05) is 30.6 Å². The van der Waals surface area contributed by atoms with Gasteiger partial charge in [0.05, 0.1) is 30.0 Å². The third kappa shape index (κ3) is 5.04. The van der Waals surface area contributed by atoms with Crippen LogP contribution in [0.25, 0.3) is 22.6 Å². The van der Waals surface area contributed by atoms with Crippen LogP contribution in [0.5, 0.6) is 0 Å². The van der Waals surface area contributed by atoms with Gasteiger partial charge in [0.15, 0.2) is 10.7 Å². The van der Waals surface area contributed by atoms with Crippen molar-refractivity contribution in [3.63, 3.8) is 0 Å². The molecule has 1 N–H and O–H groups in total. The van der Waals surface area contributed by atoms with E-state index in [1.807, 2.05) is 5.38 Å². The van der Waals surface area contributed by atoms with Crippen LogP contribution >= 0.6 is 11.3 Å². The Morgan fingerprint density at radius 2 is 1.94 bits per heavy atom. The lowest BCUT2D eigenvalue weighted by molar-refractivity contribution is -0.137. The highest BCUT2D eigenvalue weighted by Crippen LogP contribution is 2.38. The largest absolute Gasteiger partial charge is 0.436 e. The second-order valence-corrected chi connectivity index (χ2v) is 8.70. The van der Waals surface area contributed by atoms with Gasteiger partial charge in [0.2, 0.25) is 5.89 Å². The molecular formula is C23H18F4N4O3S. The summed E-state index contributed by atoms with van der Waals surface area (Å²) in [5, 5.41) is 4.95. The smallest absolute Gasteiger partial charge is 0.417 e. The Morgan fingerprint density at radius 1 is 1.14 bits per heavy atom. The van der Waals surface area contributed by atoms with Gasteiger partial charge in [-0.2, -0.15) is 13.2 Å². The molecule has 0 atom stereocenters. The zero-order valence-electron chi connectivity index (χ0n) is 18.1. The number of thiazole rings is 1. The van der Waals surface area contributed by atoms with E-state index in [4.69, 9.17) is 9.15 Å². The van der Waals surface area contributed by atoms with Crippen LogP contribution in [0.15, 0.2) is 46.2 Å². The number of amides is 1. The summed E-state index contributed by atoms with van der Waals surface area (Å²) in [6, 6.07) is 6.74. The average molecular weight is 506 g/mol. The van der Waals surface area contributed by atoms with E-state index in [2.05, 4.69) is 20.2 Å². The molecule has 1 amide bonds. The van der Waals surface area contributed by atoms with E-state index >= 15 is 0 Å². The number of benzene rings is 2. The van der Waals surface area contributed by atoms with Crippen molar-refractivity contribution < 1.29 is 31.5 Å². The van der Waals surface area contributed by atoms with Crippen molar-refractivity contribution in [1.29, 1.82) is 0 Å². The van der Waals surface area contributed by atoms with Crippen LogP contribution in [-0.2, 0) is 17.5 Å². The minimum atomic E-state index is -4.82. The molecule has 0 saturated carbocycles. The molecule has 1 aliphatic rings. The SMILES string of the molecule is O=C(Nc1nc(CN2CCOCC2)cs1)c1cccc2oc(-c3ccc(F)cc3C(F)(F)F)nc12. The van der Waals surface area contributed by atoms with Crippen LogP contribution in [0.2, 0.25) is 0 Å². The molecule has 3 heterocycles. The molecule has 4 aromatic rings. The first-order valence-electron chi connectivity index (χ1n) is 10.6. The molecule has 5 rings (SSSR count). The summed E-state index contributed by atoms with van der Waals surface area (Å²) < 4.78 is 64.7. The van der Waals surface area contributed by atoms with Crippen LogP contribution in [0.1, 0.15) is 21.6 Å². The molecule has 1 saturated heterocycles. The van der Waals surface area contributed by atoms with Gasteiger partial charge in [0.25, 0.3) is 5.91 Å². The fourth-order valence-corrected chi connectivity index (χ4v) is 4.47. The number of nitrogens with one attached hydrogen (secondary N) is 1. The molecule has 0 bridgehead atoms. The molecule has 0 radical (unpaired) electrons. The Morgan fingerprint density at radius 3 is 2.71 bits per heavy atom. The molecule has 12 heteroatoms. The van der Waals surface area contributed by atoms with Crippen LogP contribution in [-0.4, -0.2) is 47.1 Å². The maximum absolute atomic E-state index is 13.5. The Labute approximate surface area is 200 Å². The molecule has 0 unspecified atom stereocenters. The highest BCUT2D eigenvalue weighted by molar-refractivity contribution is 7.14. The summed E-state index contributed by atoms with van der Waals surface area (Å²) in [5.41, 5.74) is -0.511. The highest BCUT2D eigenvalue weighted by Gasteiger charge is 2.35. The lowest BCUT2D eigenvalue weighted by atomic mass is 10.1. The highest BCUT2D eigenvalue weighted by atomic mass is 32.1. The topological polar surface area (TPSA) is 80.5 Å². The molecule has 0 spiro atoms. The van der Waals surface area contributed by atoms with E-state index in [0.717, 1.165) is 30.9 Å². The molecule has 1 fully saturated rings. The fraction of sp³-hybridized carbons (Fsp3) is 0.261. The van der Waals surface area contributed by atoms with Crippen LogP contribution in [0.3, 0.4) is 0 Å². The van der Waals surface area contributed by atoms with E-state index in [-0.39, 0.29) is 22.6 Å². The zero-order chi connectivity index (χ0) is 24.6. The number of hydrogen-bond donors (Lipinski definition) is 1. The second kappa shape index (κ2) is 9.36. The van der Waals surface area contributed by atoms with Crippen LogP contribution in [0, 0.1) is 5.82 Å². The lowest BCUT2D eigenvalue weighted by Gasteiger charge is -2.25. The first-order chi connectivity index (χ1) is 16.8. The molecule has 2 aromatic carbocycles. The standard InChI is InChI=1S/C23H18F4N4O3S/c24-13-4-5-15(17(10-13)23(25,26)27)21-29-19-16(2-1-3-18(19)34-21)20(32)30-22-28-14(12-35-22)11-31-6-8-33-9-7-31/h1-5,10,12H,6-9,11H2,(H,28,30,32). The first-order valence-corrected chi connectivity index (χ1v) is 11.5. The van der Waals surface area contributed by atoms with Gasteiger partial charge in [-0.3, -0.25) is 15.0 Å². The number of ether oxygens (including phenoxy) is 1. The number of halogens is 4. The predicted molar refractivity (Wildman–Crippen MR) is 121 cm³/mol. The van der Waals surface area contributed by atoms with Gasteiger partial charge in [-0.1, -0.05) is 6.07 Å². The number of morpholine rings is 1. The summed E-state index contributed by atoms with van der Waals surface area (Å²) in [6.07, 6.45) is -4.82. The first kappa shape index (κ1) is 23.4. The van der Waals surface area contributed by atoms with Gasteiger partial charge in [-0.05, 0) is 30.3 Å². The minimum Gasteiger partial charge on any atom is -0.436 e. The van der Waals surface area contributed by atoms with E-state index in [1.165, 1.54) is 29.5 Å². The molecule has 0 aliphatic carbocycles. The Balaban J connectivity index is 1.40. The number of rotatable bonds is 5. The molecule has 2 aromatic heterocycles. The molecule has 35 heavy (non-hydrogen) atoms. The summed E-state index contributed by atoms with van der Waals surface area (Å²) in [5.74, 6) is -1.93. The van der Waals surface area contributed by atoms with E-state index in [9.17, 15) is 22.4 Å². The fourth-order valence-electron chi connectivity index (χ4n) is 3.77. The number of carbonyl (C=O) groups is 1. The maximum Gasteiger partial charge on any atom is 0.417 e. The maximum atomic E-state index is 13.5. The molecule has 1 aliphatic heterocycles. The number of hydrogen-bond acceptors (Lipinski definition) is 7. The molecule has 7 nitrogen and oxygen atoms in total. The Kier molecular flexibility index (Phi) is 6.26. The van der Waals surface area contributed by atoms with Gasteiger partial charge >= 0.3 is 6.18 Å². The molecular weight excluding hydrogens is 488 g/mol. The van der Waals surface area contributed by atoms with E-state index < -0.39 is 29.0 Å². The number of para-hydroxylation sites is 1. The van der Waals surface area contributed by atoms with Crippen molar-refractivity contribution in [1.82, 2.24) is 14.9 Å². The van der Waals surface area contributed by atoms with Gasteiger partial charge in [-0.15, -0.1) is 11.3 Å². The third-order valence-corrected chi connectivity index (χ3v) is 6.25. The lowest BCUT2D eigenvalue weighted by Crippen LogP contribution is -2.35. The Hall–Kier alpha value is -3.35. The van der Waals surface area contributed by atoms with Crippen molar-refractivity contribution >= 4 is 33.5 Å². The van der Waals surface area contributed by atoms with Crippen molar-refractivity contribution in [2.75, 3.05) is 31.6 Å². The second-order valence-electron chi connectivity index (χ2n) is 7.85. The van der Waals surface area contributed by atoms with Gasteiger partial charge in [-0.25, -0.2) is 14.4 Å². The summed E-state index contributed by atoms with van der Waals surface area (Å²) in [4.78, 5) is 23.8. The number of carbonyl (C=O) groups excluding carboxylic acids is 1. The van der Waals surface area contributed by atoms with Gasteiger partial charge < -0.3 is 9.15 Å². The number of fused-ring (bicyclic) bond motifs is 1. The van der Waals surface area contributed by atoms with Crippen molar-refractivity contribution in [2.24, 2.45) is 0 Å². The number of alkyl halides is 3. The minimum absolute atomic E-state index is 0.0857. The normalized spacial score (nSPS) is 15.0. The summed E-state index contributed by atoms with van der Waals surface area (Å²) in [6.45, 7) is 3.58. The summed E-state index contributed by atoms with van der Waals surface area (Å²) >= 11 is 1.27. The average Bonchev–Trinajstić information content (AvgIpc) is 3.45. The third-order valence-electron chi connectivity index (χ3n) is 5.44. The van der Waals surface area contributed by atoms with Crippen LogP contribution in [0.4, 0.5) is 22.7 Å². The van der Waals surface area contributed by atoms with Crippen molar-refractivity contribution in [3.05, 3.63) is 64.4 Å². The number of oxazole rings is 1. The van der Waals surface area contributed by atoms with Crippen LogP contribution < -0.4 is 5.32 Å². The number of nitrogens with zero attached hydrogens (tertiary/aromatic N) is 3. The quantitative estimate of drug-likeness (QED) is 0.375. The zero-order valence-corrected chi connectivity index (χ0v) is 18.9. The molecule has 182 valence electrons. The Bertz CT molecular complexity index is 1380. The van der Waals surface area contributed by atoms with E-state index in [0.29, 0.717) is 31.0 Å². The summed E-state index contributed by atoms with van der Waals surface area (Å²) in [7, 11) is 0. The number of anilines is 1. The predicted octanol–water partition coefficient (Wildman–Crippen LogP) is 5.19. The van der Waals surface area contributed by atoms with E-state index in [1.54, 1.807) is 0 Å². The number of aromatic nitrogens is 2. The van der Waals surface area contributed by atoms with Crippen molar-refractivity contribution in [3.8, 4) is 11.5 Å².